The number of hydrogen-bond donors (Lipinski definition) is 0. The van der Waals surface area contributed by atoms with Crippen LogP contribution in [0.3, 0.4) is 0 Å². The predicted molar refractivity (Wildman–Crippen MR) is 208 cm³/mol. The molecule has 0 radical (unpaired) electrons. The molecule has 0 unspecified atom stereocenters. The summed E-state index contributed by atoms with van der Waals surface area (Å²) in [5, 5.41) is 2.08. The number of fused-ring (bicyclic) bond motifs is 6. The van der Waals surface area contributed by atoms with E-state index in [9.17, 15) is 0 Å². The molecule has 0 saturated carbocycles. The second kappa shape index (κ2) is 11.9. The van der Waals surface area contributed by atoms with Crippen LogP contribution in [0.4, 0.5) is 0 Å². The van der Waals surface area contributed by atoms with E-state index in [-0.39, 0.29) is 0 Å². The maximum absolute atomic E-state index is 5.19. The molecule has 0 atom stereocenters. The van der Waals surface area contributed by atoms with Crippen molar-refractivity contribution in [1.82, 2.24) is 24.3 Å². The maximum Gasteiger partial charge on any atom is 0.160 e. The van der Waals surface area contributed by atoms with Gasteiger partial charge < -0.3 is 0 Å². The van der Waals surface area contributed by atoms with Gasteiger partial charge in [-0.05, 0) is 52.6 Å². The number of rotatable bonds is 5. The van der Waals surface area contributed by atoms with Gasteiger partial charge in [0.05, 0.1) is 27.9 Å². The monoisotopic (exact) mass is 651 g/mol. The lowest BCUT2D eigenvalue weighted by Crippen LogP contribution is -1.95. The van der Waals surface area contributed by atoms with E-state index in [2.05, 4.69) is 132 Å². The SMILES string of the molecule is c1ccc(-c2ccc(-c3nc(-c4ccc(-c5cccc(-c6nc7ccccc7c7nc8ccccn8c67)c5)cc4)nc4ccccc34)cc2)cc1. The third-order valence-corrected chi connectivity index (χ3v) is 9.63. The highest BCUT2D eigenvalue weighted by atomic mass is 15.0. The van der Waals surface area contributed by atoms with Crippen LogP contribution in [0, 0.1) is 0 Å². The molecule has 0 aliphatic rings. The van der Waals surface area contributed by atoms with E-state index in [0.29, 0.717) is 5.82 Å². The standard InChI is InChI=1S/C46H29N5/c1-2-11-30(12-3-1)31-20-24-33(25-21-31)42-37-15-4-7-18-40(37)48-46(50-42)34-26-22-32(23-27-34)35-13-10-14-36(29-35)43-45-44(38-16-5-6-17-39(38)47-43)49-41-19-8-9-28-51(41)45/h1-29H. The lowest BCUT2D eigenvalue weighted by Gasteiger charge is -2.11. The maximum atomic E-state index is 5.19. The molecule has 0 N–H and O–H groups in total. The summed E-state index contributed by atoms with van der Waals surface area (Å²) in [6.45, 7) is 0. The normalized spacial score (nSPS) is 11.5. The van der Waals surface area contributed by atoms with Gasteiger partial charge in [0.15, 0.2) is 5.82 Å². The van der Waals surface area contributed by atoms with Crippen molar-refractivity contribution in [3.8, 4) is 56.2 Å². The second-order valence-corrected chi connectivity index (χ2v) is 12.7. The van der Waals surface area contributed by atoms with Gasteiger partial charge in [0.25, 0.3) is 0 Å². The van der Waals surface area contributed by atoms with Crippen LogP contribution in [0.2, 0.25) is 0 Å². The Morgan fingerprint density at radius 2 is 0.941 bits per heavy atom. The van der Waals surface area contributed by atoms with Gasteiger partial charge in [-0.2, -0.15) is 0 Å². The first-order chi connectivity index (χ1) is 25.3. The van der Waals surface area contributed by atoms with Crippen LogP contribution in [0.25, 0.3) is 94.6 Å². The Bertz CT molecular complexity index is 2890. The first-order valence-electron chi connectivity index (χ1n) is 17.1. The van der Waals surface area contributed by atoms with E-state index in [1.165, 1.54) is 11.1 Å². The molecule has 238 valence electrons. The fourth-order valence-electron chi connectivity index (χ4n) is 7.09. The van der Waals surface area contributed by atoms with Crippen molar-refractivity contribution < 1.29 is 0 Å². The zero-order valence-electron chi connectivity index (χ0n) is 27.5. The molecular weight excluding hydrogens is 623 g/mol. The van der Waals surface area contributed by atoms with Gasteiger partial charge in [0, 0.05) is 33.7 Å². The molecule has 10 aromatic rings. The van der Waals surface area contributed by atoms with Crippen molar-refractivity contribution in [3.63, 3.8) is 0 Å². The average Bonchev–Trinajstić information content (AvgIpc) is 3.61. The molecule has 0 spiro atoms. The summed E-state index contributed by atoms with van der Waals surface area (Å²) in [4.78, 5) is 20.4. The summed E-state index contributed by atoms with van der Waals surface area (Å²) in [7, 11) is 0. The number of benzene rings is 6. The second-order valence-electron chi connectivity index (χ2n) is 12.7. The van der Waals surface area contributed by atoms with Crippen LogP contribution in [0.15, 0.2) is 176 Å². The van der Waals surface area contributed by atoms with Gasteiger partial charge in [-0.1, -0.05) is 140 Å². The molecule has 0 aliphatic carbocycles. The fourth-order valence-corrected chi connectivity index (χ4v) is 7.09. The molecule has 6 aromatic carbocycles. The average molecular weight is 652 g/mol. The third-order valence-electron chi connectivity index (χ3n) is 9.63. The van der Waals surface area contributed by atoms with Crippen LogP contribution in [-0.4, -0.2) is 24.3 Å². The number of nitrogens with zero attached hydrogens (tertiary/aromatic N) is 5. The minimum Gasteiger partial charge on any atom is -0.298 e. The number of hydrogen-bond acceptors (Lipinski definition) is 4. The van der Waals surface area contributed by atoms with Crippen LogP contribution in [0.5, 0.6) is 0 Å². The molecule has 0 saturated heterocycles. The summed E-state index contributed by atoms with van der Waals surface area (Å²) >= 11 is 0. The van der Waals surface area contributed by atoms with E-state index in [1.54, 1.807) is 0 Å². The Morgan fingerprint density at radius 1 is 0.353 bits per heavy atom. The highest BCUT2D eigenvalue weighted by Gasteiger charge is 2.17. The van der Waals surface area contributed by atoms with E-state index in [4.69, 9.17) is 19.9 Å². The Morgan fingerprint density at radius 3 is 1.75 bits per heavy atom. The lowest BCUT2D eigenvalue weighted by molar-refractivity contribution is 1.22. The largest absolute Gasteiger partial charge is 0.298 e. The molecular formula is C46H29N5. The van der Waals surface area contributed by atoms with Crippen LogP contribution >= 0.6 is 0 Å². The first-order valence-corrected chi connectivity index (χ1v) is 17.1. The van der Waals surface area contributed by atoms with Gasteiger partial charge in [0.2, 0.25) is 0 Å². The summed E-state index contributed by atoms with van der Waals surface area (Å²) in [6, 6.07) is 58.8. The molecule has 10 rings (SSSR count). The molecule has 0 fully saturated rings. The highest BCUT2D eigenvalue weighted by molar-refractivity contribution is 6.09. The lowest BCUT2D eigenvalue weighted by atomic mass is 9.99. The number of imidazole rings is 1. The topological polar surface area (TPSA) is 56.0 Å². The van der Waals surface area contributed by atoms with E-state index < -0.39 is 0 Å². The summed E-state index contributed by atoms with van der Waals surface area (Å²) in [5.74, 6) is 0.700. The van der Waals surface area contributed by atoms with Gasteiger partial charge >= 0.3 is 0 Å². The van der Waals surface area contributed by atoms with E-state index in [0.717, 1.165) is 77.7 Å². The van der Waals surface area contributed by atoms with Crippen molar-refractivity contribution >= 4 is 38.5 Å². The molecule has 51 heavy (non-hydrogen) atoms. The summed E-state index contributed by atoms with van der Waals surface area (Å²) in [5.41, 5.74) is 14.2. The highest BCUT2D eigenvalue weighted by Crippen LogP contribution is 2.36. The van der Waals surface area contributed by atoms with Gasteiger partial charge in [-0.3, -0.25) is 4.40 Å². The van der Waals surface area contributed by atoms with Gasteiger partial charge in [-0.25, -0.2) is 19.9 Å². The van der Waals surface area contributed by atoms with Crippen LogP contribution in [0.1, 0.15) is 0 Å². The molecule has 5 nitrogen and oxygen atoms in total. The summed E-state index contributed by atoms with van der Waals surface area (Å²) in [6.07, 6.45) is 2.06. The minimum atomic E-state index is 0.700. The van der Waals surface area contributed by atoms with Gasteiger partial charge in [0.1, 0.15) is 11.2 Å². The molecule has 0 aliphatic heterocycles. The van der Waals surface area contributed by atoms with Crippen LogP contribution < -0.4 is 0 Å². The Labute approximate surface area is 294 Å². The zero-order chi connectivity index (χ0) is 33.7. The van der Waals surface area contributed by atoms with Crippen molar-refractivity contribution in [2.45, 2.75) is 0 Å². The van der Waals surface area contributed by atoms with Crippen LogP contribution in [-0.2, 0) is 0 Å². The zero-order valence-corrected chi connectivity index (χ0v) is 27.5. The molecule has 0 amide bonds. The fraction of sp³-hybridized carbons (Fsp3) is 0. The Kier molecular flexibility index (Phi) is 6.74. The summed E-state index contributed by atoms with van der Waals surface area (Å²) < 4.78 is 2.14. The van der Waals surface area contributed by atoms with Gasteiger partial charge in [-0.15, -0.1) is 0 Å². The molecule has 0 bridgehead atoms. The molecule has 4 aromatic heterocycles. The third kappa shape index (κ3) is 5.03. The quantitative estimate of drug-likeness (QED) is 0.186. The Balaban J connectivity index is 1.03. The van der Waals surface area contributed by atoms with E-state index >= 15 is 0 Å². The number of para-hydroxylation sites is 2. The molecule has 4 heterocycles. The van der Waals surface area contributed by atoms with Crippen molar-refractivity contribution in [2.24, 2.45) is 0 Å². The minimum absolute atomic E-state index is 0.700. The number of aromatic nitrogens is 5. The van der Waals surface area contributed by atoms with Crippen molar-refractivity contribution in [1.29, 1.82) is 0 Å². The molecule has 5 heteroatoms. The first kappa shape index (κ1) is 29.0. The smallest absolute Gasteiger partial charge is 0.160 e. The predicted octanol–water partition coefficient (Wildman–Crippen LogP) is 11.3. The van der Waals surface area contributed by atoms with Crippen molar-refractivity contribution in [3.05, 3.63) is 176 Å². The van der Waals surface area contributed by atoms with E-state index in [1.807, 2.05) is 48.5 Å². The van der Waals surface area contributed by atoms with Crippen molar-refractivity contribution in [2.75, 3.05) is 0 Å². The number of pyridine rings is 2. The Hall–Kier alpha value is -6.98.